The lowest BCUT2D eigenvalue weighted by Gasteiger charge is -2.31. The predicted molar refractivity (Wildman–Crippen MR) is 108 cm³/mol. The molecule has 0 aromatic heterocycles. The van der Waals surface area contributed by atoms with Crippen LogP contribution in [0.4, 0.5) is 17.1 Å². The summed E-state index contributed by atoms with van der Waals surface area (Å²) in [4.78, 5) is 25.7. The van der Waals surface area contributed by atoms with E-state index < -0.39 is 10.8 Å². The van der Waals surface area contributed by atoms with Gasteiger partial charge in [0, 0.05) is 35.4 Å². The highest BCUT2D eigenvalue weighted by molar-refractivity contribution is 6.31. The zero-order valence-electron chi connectivity index (χ0n) is 15.4. The van der Waals surface area contributed by atoms with E-state index in [-0.39, 0.29) is 11.3 Å². The standard InChI is InChI=1S/C20H22ClN3O3/c1-13-7-9-23(10-8-13)18-6-4-15(11-19(18)24(26)27)20(25)22-16-5-3-14(2)17(21)12-16/h3-6,11-13H,7-10H2,1-2H3,(H,22,25). The number of nitro groups is 1. The molecule has 0 spiro atoms. The first-order valence-corrected chi connectivity index (χ1v) is 9.34. The summed E-state index contributed by atoms with van der Waals surface area (Å²) in [5.41, 5.74) is 2.23. The fraction of sp³-hybridized carbons (Fsp3) is 0.350. The number of halogens is 1. The van der Waals surface area contributed by atoms with Crippen molar-refractivity contribution in [2.24, 2.45) is 5.92 Å². The number of aryl methyl sites for hydroxylation is 1. The van der Waals surface area contributed by atoms with E-state index in [9.17, 15) is 14.9 Å². The molecule has 142 valence electrons. The maximum absolute atomic E-state index is 12.5. The molecule has 0 atom stereocenters. The van der Waals surface area contributed by atoms with Gasteiger partial charge in [-0.3, -0.25) is 14.9 Å². The van der Waals surface area contributed by atoms with Crippen LogP contribution in [0.5, 0.6) is 0 Å². The quantitative estimate of drug-likeness (QED) is 0.588. The number of nitrogens with one attached hydrogen (secondary N) is 1. The molecule has 1 N–H and O–H groups in total. The van der Waals surface area contributed by atoms with Crippen LogP contribution in [-0.2, 0) is 0 Å². The molecule has 1 aliphatic heterocycles. The summed E-state index contributed by atoms with van der Waals surface area (Å²) in [6.45, 7) is 5.64. The summed E-state index contributed by atoms with van der Waals surface area (Å²) in [5, 5.41) is 14.9. The largest absolute Gasteiger partial charge is 0.366 e. The van der Waals surface area contributed by atoms with Gasteiger partial charge in [0.15, 0.2) is 0 Å². The summed E-state index contributed by atoms with van der Waals surface area (Å²) in [6, 6.07) is 9.86. The minimum atomic E-state index is -0.424. The van der Waals surface area contributed by atoms with Gasteiger partial charge in [0.25, 0.3) is 11.6 Å². The summed E-state index contributed by atoms with van der Waals surface area (Å²) >= 11 is 6.08. The average Bonchev–Trinajstić information content (AvgIpc) is 2.65. The number of nitrogens with zero attached hydrogens (tertiary/aromatic N) is 2. The SMILES string of the molecule is Cc1ccc(NC(=O)c2ccc(N3CCC(C)CC3)c([N+](=O)[O-])c2)cc1Cl. The third kappa shape index (κ3) is 4.39. The predicted octanol–water partition coefficient (Wildman–Crippen LogP) is 5.05. The van der Waals surface area contributed by atoms with Crippen molar-refractivity contribution < 1.29 is 9.72 Å². The molecule has 1 fully saturated rings. The van der Waals surface area contributed by atoms with Crippen LogP contribution in [0.15, 0.2) is 36.4 Å². The van der Waals surface area contributed by atoms with Gasteiger partial charge in [0.05, 0.1) is 4.92 Å². The van der Waals surface area contributed by atoms with Crippen molar-refractivity contribution in [2.45, 2.75) is 26.7 Å². The Balaban J connectivity index is 1.83. The Kier molecular flexibility index (Phi) is 5.65. The Morgan fingerprint density at radius 3 is 2.56 bits per heavy atom. The molecule has 1 aliphatic rings. The molecule has 1 amide bonds. The Morgan fingerprint density at radius 2 is 1.93 bits per heavy atom. The molecule has 0 unspecified atom stereocenters. The molecule has 2 aromatic rings. The molecule has 0 aliphatic carbocycles. The van der Waals surface area contributed by atoms with Gasteiger partial charge in [-0.05, 0) is 55.5 Å². The molecule has 27 heavy (non-hydrogen) atoms. The first-order valence-electron chi connectivity index (χ1n) is 8.96. The third-order valence-corrected chi connectivity index (χ3v) is 5.40. The summed E-state index contributed by atoms with van der Waals surface area (Å²) < 4.78 is 0. The fourth-order valence-electron chi connectivity index (χ4n) is 3.20. The number of hydrogen-bond donors (Lipinski definition) is 1. The van der Waals surface area contributed by atoms with Crippen LogP contribution >= 0.6 is 11.6 Å². The lowest BCUT2D eigenvalue weighted by atomic mass is 9.98. The van der Waals surface area contributed by atoms with E-state index in [1.807, 2.05) is 11.8 Å². The molecule has 1 heterocycles. The lowest BCUT2D eigenvalue weighted by molar-refractivity contribution is -0.384. The molecular weight excluding hydrogens is 366 g/mol. The highest BCUT2D eigenvalue weighted by Crippen LogP contribution is 2.32. The van der Waals surface area contributed by atoms with Crippen LogP contribution in [0.25, 0.3) is 0 Å². The van der Waals surface area contributed by atoms with Crippen LogP contribution in [0.2, 0.25) is 5.02 Å². The number of amides is 1. The second-order valence-corrected chi connectivity index (χ2v) is 7.46. The first kappa shape index (κ1) is 19.2. The maximum atomic E-state index is 12.5. The fourth-order valence-corrected chi connectivity index (χ4v) is 3.38. The second kappa shape index (κ2) is 7.96. The number of piperidine rings is 1. The Hall–Kier alpha value is -2.60. The molecule has 0 radical (unpaired) electrons. The lowest BCUT2D eigenvalue weighted by Crippen LogP contribution is -2.33. The van der Waals surface area contributed by atoms with Crippen molar-refractivity contribution >= 4 is 34.6 Å². The molecule has 0 saturated carbocycles. The average molecular weight is 388 g/mol. The number of hydrogen-bond acceptors (Lipinski definition) is 4. The number of nitro benzene ring substituents is 1. The minimum Gasteiger partial charge on any atom is -0.366 e. The molecule has 0 bridgehead atoms. The number of rotatable bonds is 4. The zero-order chi connectivity index (χ0) is 19.6. The van der Waals surface area contributed by atoms with Gasteiger partial charge in [-0.1, -0.05) is 24.6 Å². The summed E-state index contributed by atoms with van der Waals surface area (Å²) in [7, 11) is 0. The van der Waals surface area contributed by atoms with E-state index >= 15 is 0 Å². The smallest absolute Gasteiger partial charge is 0.293 e. The zero-order valence-corrected chi connectivity index (χ0v) is 16.1. The molecule has 2 aromatic carbocycles. The van der Waals surface area contributed by atoms with E-state index in [2.05, 4.69) is 12.2 Å². The van der Waals surface area contributed by atoms with Crippen molar-refractivity contribution in [1.29, 1.82) is 0 Å². The highest BCUT2D eigenvalue weighted by atomic mass is 35.5. The Bertz CT molecular complexity index is 877. The van der Waals surface area contributed by atoms with Crippen molar-refractivity contribution in [3.05, 3.63) is 62.7 Å². The maximum Gasteiger partial charge on any atom is 0.293 e. The number of benzene rings is 2. The van der Waals surface area contributed by atoms with E-state index in [1.165, 1.54) is 6.07 Å². The van der Waals surface area contributed by atoms with Gasteiger partial charge in [-0.25, -0.2) is 0 Å². The van der Waals surface area contributed by atoms with Gasteiger partial charge in [0.2, 0.25) is 0 Å². The van der Waals surface area contributed by atoms with Crippen molar-refractivity contribution in [3.63, 3.8) is 0 Å². The van der Waals surface area contributed by atoms with Crippen molar-refractivity contribution in [1.82, 2.24) is 0 Å². The number of carbonyl (C=O) groups excluding carboxylic acids is 1. The second-order valence-electron chi connectivity index (χ2n) is 7.05. The van der Waals surface area contributed by atoms with Gasteiger partial charge in [-0.15, -0.1) is 0 Å². The van der Waals surface area contributed by atoms with E-state index in [0.29, 0.717) is 22.3 Å². The van der Waals surface area contributed by atoms with Crippen LogP contribution < -0.4 is 10.2 Å². The van der Waals surface area contributed by atoms with Gasteiger partial charge < -0.3 is 10.2 Å². The summed E-state index contributed by atoms with van der Waals surface area (Å²) in [6.07, 6.45) is 2.02. The number of carbonyl (C=O) groups is 1. The van der Waals surface area contributed by atoms with Gasteiger partial charge in [0.1, 0.15) is 5.69 Å². The monoisotopic (exact) mass is 387 g/mol. The van der Waals surface area contributed by atoms with Crippen molar-refractivity contribution in [3.8, 4) is 0 Å². The summed E-state index contributed by atoms with van der Waals surface area (Å²) in [5.74, 6) is 0.225. The molecular formula is C20H22ClN3O3. The Labute approximate surface area is 163 Å². The molecule has 6 nitrogen and oxygen atoms in total. The molecule has 7 heteroatoms. The van der Waals surface area contributed by atoms with Crippen LogP contribution in [0.3, 0.4) is 0 Å². The van der Waals surface area contributed by atoms with E-state index in [1.54, 1.807) is 30.3 Å². The highest BCUT2D eigenvalue weighted by Gasteiger charge is 2.24. The van der Waals surface area contributed by atoms with Gasteiger partial charge in [-0.2, -0.15) is 0 Å². The van der Waals surface area contributed by atoms with Crippen molar-refractivity contribution in [2.75, 3.05) is 23.3 Å². The third-order valence-electron chi connectivity index (χ3n) is 4.99. The van der Waals surface area contributed by atoms with E-state index in [4.69, 9.17) is 11.6 Å². The van der Waals surface area contributed by atoms with E-state index in [0.717, 1.165) is 31.5 Å². The van der Waals surface area contributed by atoms with Crippen LogP contribution in [0.1, 0.15) is 35.7 Å². The Morgan fingerprint density at radius 1 is 1.22 bits per heavy atom. The normalized spacial score (nSPS) is 14.9. The minimum absolute atomic E-state index is 0.0425. The van der Waals surface area contributed by atoms with Crippen LogP contribution in [-0.4, -0.2) is 23.9 Å². The topological polar surface area (TPSA) is 75.5 Å². The first-order chi connectivity index (χ1) is 12.8. The molecule has 3 rings (SSSR count). The van der Waals surface area contributed by atoms with Crippen LogP contribution in [0, 0.1) is 23.0 Å². The molecule has 1 saturated heterocycles. The van der Waals surface area contributed by atoms with Gasteiger partial charge >= 0.3 is 0 Å². The number of anilines is 2.